The largest absolute Gasteiger partial charge is 0.490 e. The van der Waals surface area contributed by atoms with Crippen LogP contribution in [0.4, 0.5) is 0 Å². The third-order valence-corrected chi connectivity index (χ3v) is 8.59. The van der Waals surface area contributed by atoms with Crippen molar-refractivity contribution < 1.29 is 13.2 Å². The van der Waals surface area contributed by atoms with E-state index >= 15 is 0 Å². The van der Waals surface area contributed by atoms with E-state index in [1.54, 1.807) is 39.0 Å². The van der Waals surface area contributed by atoms with Gasteiger partial charge in [0.05, 0.1) is 10.7 Å². The molecular formula is C32H46N4O3S. The van der Waals surface area contributed by atoms with Crippen LogP contribution in [0.3, 0.4) is 0 Å². The molecule has 40 heavy (non-hydrogen) atoms. The number of likely N-dealkylation sites (tertiary alicyclic amines) is 1. The lowest BCUT2D eigenvalue weighted by Gasteiger charge is -2.32. The number of benzene rings is 1. The Morgan fingerprint density at radius 3 is 2.33 bits per heavy atom. The molecule has 1 aliphatic rings. The van der Waals surface area contributed by atoms with Gasteiger partial charge in [0, 0.05) is 37.7 Å². The number of nitrogens with one attached hydrogen (secondary N) is 3. The van der Waals surface area contributed by atoms with Crippen LogP contribution in [0.25, 0.3) is 0 Å². The van der Waals surface area contributed by atoms with Crippen molar-refractivity contribution in [3.8, 4) is 5.75 Å². The quantitative estimate of drug-likeness (QED) is 0.132. The third-order valence-electron chi connectivity index (χ3n) is 6.96. The maximum Gasteiger partial charge on any atom is 0.240 e. The summed E-state index contributed by atoms with van der Waals surface area (Å²) in [5, 5.41) is 15.5. The predicted octanol–water partition coefficient (Wildman–Crippen LogP) is 6.72. The first-order valence-corrected chi connectivity index (χ1v) is 15.4. The van der Waals surface area contributed by atoms with Gasteiger partial charge in [0.15, 0.2) is 0 Å². The molecule has 8 heteroatoms. The molecule has 0 bridgehead atoms. The van der Waals surface area contributed by atoms with Crippen molar-refractivity contribution in [1.82, 2.24) is 9.62 Å². The highest BCUT2D eigenvalue weighted by Gasteiger charge is 2.22. The Hall–Kier alpha value is -3.23. The molecule has 0 radical (unpaired) electrons. The standard InChI is InChI=1S/C32H46N4O3S/c1-7-10-32(8-2)40(37,38)35-29(16-13-24(3)11-9-12-25(4)26(5)33)23-28-14-17-30(18-15-28)39-31-19-21-36(22-20-31)27(6)34/h7-12,14-15,17-18,29,31,33-35H,3,13,16,19-23H2,1-2,4-6H3/b10-7-,11-9-,25-12+,32-8+,33-26?,34-27?/t29-/m1/s1. The molecule has 0 aliphatic carbocycles. The fourth-order valence-corrected chi connectivity index (χ4v) is 5.78. The fraction of sp³-hybridized carbons (Fsp3) is 0.438. The average molecular weight is 567 g/mol. The Morgan fingerprint density at radius 1 is 1.12 bits per heavy atom. The van der Waals surface area contributed by atoms with Gasteiger partial charge in [0.25, 0.3) is 0 Å². The molecule has 1 aromatic rings. The first-order chi connectivity index (χ1) is 18.9. The van der Waals surface area contributed by atoms with Gasteiger partial charge in [-0.05, 0) is 83.2 Å². The summed E-state index contributed by atoms with van der Waals surface area (Å²) in [6, 6.07) is 7.58. The Labute approximate surface area is 241 Å². The Bertz CT molecular complexity index is 1250. The van der Waals surface area contributed by atoms with E-state index < -0.39 is 10.0 Å². The van der Waals surface area contributed by atoms with Gasteiger partial charge in [-0.1, -0.05) is 54.7 Å². The Morgan fingerprint density at radius 2 is 1.77 bits per heavy atom. The molecule has 0 aromatic heterocycles. The van der Waals surface area contributed by atoms with Crippen molar-refractivity contribution in [2.75, 3.05) is 13.1 Å². The number of sulfonamides is 1. The Balaban J connectivity index is 2.09. The third kappa shape index (κ3) is 11.1. The fourth-order valence-electron chi connectivity index (χ4n) is 4.38. The molecule has 218 valence electrons. The maximum absolute atomic E-state index is 13.1. The summed E-state index contributed by atoms with van der Waals surface area (Å²) in [4.78, 5) is 2.31. The zero-order valence-electron chi connectivity index (χ0n) is 24.7. The lowest BCUT2D eigenvalue weighted by molar-refractivity contribution is 0.130. The van der Waals surface area contributed by atoms with Crippen LogP contribution in [-0.2, 0) is 16.4 Å². The molecule has 1 aliphatic heterocycles. The highest BCUT2D eigenvalue weighted by Crippen LogP contribution is 2.22. The maximum atomic E-state index is 13.1. The molecule has 0 unspecified atom stereocenters. The average Bonchev–Trinajstić information content (AvgIpc) is 2.91. The summed E-state index contributed by atoms with van der Waals surface area (Å²) in [5.74, 6) is 1.40. The van der Waals surface area contributed by atoms with Crippen molar-refractivity contribution in [1.29, 1.82) is 10.8 Å². The summed E-state index contributed by atoms with van der Waals surface area (Å²) in [6.07, 6.45) is 14.2. The van der Waals surface area contributed by atoms with Crippen LogP contribution in [0.5, 0.6) is 5.75 Å². The lowest BCUT2D eigenvalue weighted by atomic mass is 10.00. The summed E-state index contributed by atoms with van der Waals surface area (Å²) in [6.45, 7) is 14.8. The zero-order chi connectivity index (χ0) is 29.7. The van der Waals surface area contributed by atoms with Crippen LogP contribution in [0.15, 0.2) is 83.4 Å². The molecule has 1 fully saturated rings. The number of rotatable bonds is 14. The SMILES string of the molecule is C=C(/C=C\C=C(/C)C(C)=N)CC[C@H](Cc1ccc(OC2CCN(C(C)=N)CC2)cc1)NS(=O)(=O)C(/C=C\C)=C/C. The van der Waals surface area contributed by atoms with Gasteiger partial charge in [0.2, 0.25) is 10.0 Å². The zero-order valence-corrected chi connectivity index (χ0v) is 25.5. The first kappa shape index (κ1) is 33.0. The van der Waals surface area contributed by atoms with Gasteiger partial charge in [-0.2, -0.15) is 0 Å². The molecular weight excluding hydrogens is 520 g/mol. The topological polar surface area (TPSA) is 106 Å². The predicted molar refractivity (Wildman–Crippen MR) is 168 cm³/mol. The van der Waals surface area contributed by atoms with Crippen LogP contribution < -0.4 is 9.46 Å². The van der Waals surface area contributed by atoms with Crippen LogP contribution in [0.1, 0.15) is 65.9 Å². The van der Waals surface area contributed by atoms with E-state index in [9.17, 15) is 8.42 Å². The molecule has 0 amide bonds. The van der Waals surface area contributed by atoms with Gasteiger partial charge >= 0.3 is 0 Å². The molecule has 1 aromatic carbocycles. The van der Waals surface area contributed by atoms with Crippen molar-refractivity contribution in [2.24, 2.45) is 0 Å². The first-order valence-electron chi connectivity index (χ1n) is 13.9. The monoisotopic (exact) mass is 566 g/mol. The normalized spacial score (nSPS) is 16.5. The van der Waals surface area contributed by atoms with Crippen LogP contribution >= 0.6 is 0 Å². The number of nitrogens with zero attached hydrogens (tertiary/aromatic N) is 1. The molecule has 0 saturated carbocycles. The number of ether oxygens (including phenoxy) is 1. The smallest absolute Gasteiger partial charge is 0.240 e. The minimum Gasteiger partial charge on any atom is -0.490 e. The summed E-state index contributed by atoms with van der Waals surface area (Å²) >= 11 is 0. The van der Waals surface area contributed by atoms with Crippen LogP contribution in [0, 0.1) is 10.8 Å². The number of allylic oxidation sites excluding steroid dienone is 8. The van der Waals surface area contributed by atoms with E-state index in [1.807, 2.05) is 56.3 Å². The van der Waals surface area contributed by atoms with E-state index in [4.69, 9.17) is 15.6 Å². The second-order valence-corrected chi connectivity index (χ2v) is 12.0. The summed E-state index contributed by atoms with van der Waals surface area (Å²) in [7, 11) is -3.68. The number of amidine groups is 1. The number of hydrogen-bond donors (Lipinski definition) is 3. The van der Waals surface area contributed by atoms with E-state index in [0.717, 1.165) is 48.4 Å². The van der Waals surface area contributed by atoms with Crippen molar-refractivity contribution >= 4 is 21.6 Å². The van der Waals surface area contributed by atoms with Crippen molar-refractivity contribution in [2.45, 2.75) is 78.9 Å². The number of hydrogen-bond acceptors (Lipinski definition) is 5. The molecule has 1 saturated heterocycles. The van der Waals surface area contributed by atoms with E-state index in [0.29, 0.717) is 30.8 Å². The molecule has 7 nitrogen and oxygen atoms in total. The molecule has 3 N–H and O–H groups in total. The van der Waals surface area contributed by atoms with Gasteiger partial charge in [-0.25, -0.2) is 13.1 Å². The van der Waals surface area contributed by atoms with Gasteiger partial charge < -0.3 is 15.0 Å². The highest BCUT2D eigenvalue weighted by atomic mass is 32.2. The summed E-state index contributed by atoms with van der Waals surface area (Å²) < 4.78 is 35.3. The van der Waals surface area contributed by atoms with Gasteiger partial charge in [-0.3, -0.25) is 5.41 Å². The lowest BCUT2D eigenvalue weighted by Crippen LogP contribution is -2.40. The second-order valence-electron chi connectivity index (χ2n) is 10.3. The van der Waals surface area contributed by atoms with Crippen molar-refractivity contribution in [3.05, 3.63) is 88.9 Å². The van der Waals surface area contributed by atoms with E-state index in [2.05, 4.69) is 16.2 Å². The minimum atomic E-state index is -3.68. The summed E-state index contributed by atoms with van der Waals surface area (Å²) in [5.41, 5.74) is 3.31. The van der Waals surface area contributed by atoms with Crippen LogP contribution in [-0.4, -0.2) is 50.1 Å². The van der Waals surface area contributed by atoms with Gasteiger partial charge in [-0.15, -0.1) is 0 Å². The minimum absolute atomic E-state index is 0.132. The van der Waals surface area contributed by atoms with Gasteiger partial charge in [0.1, 0.15) is 11.9 Å². The second kappa shape index (κ2) is 16.1. The van der Waals surface area contributed by atoms with E-state index in [1.165, 1.54) is 0 Å². The van der Waals surface area contributed by atoms with Crippen molar-refractivity contribution in [3.63, 3.8) is 0 Å². The van der Waals surface area contributed by atoms with E-state index in [-0.39, 0.29) is 17.1 Å². The highest BCUT2D eigenvalue weighted by molar-refractivity contribution is 7.93. The molecule has 1 atom stereocenters. The molecule has 0 spiro atoms. The molecule has 1 heterocycles. The van der Waals surface area contributed by atoms with Crippen LogP contribution in [0.2, 0.25) is 0 Å². The number of piperidine rings is 1. The molecule has 2 rings (SSSR count). The Kier molecular flexibility index (Phi) is 13.3.